The molecule has 4 nitrogen and oxygen atoms in total. The molecule has 0 aliphatic heterocycles. The van der Waals surface area contributed by atoms with Crippen LogP contribution in [0.15, 0.2) is 30.3 Å². The average molecular weight is 342 g/mol. The second kappa shape index (κ2) is 9.11. The van der Waals surface area contributed by atoms with Crippen molar-refractivity contribution in [3.05, 3.63) is 47.0 Å². The van der Waals surface area contributed by atoms with Crippen LogP contribution in [-0.2, 0) is 0 Å². The summed E-state index contributed by atoms with van der Waals surface area (Å²) in [5.41, 5.74) is 2.60. The summed E-state index contributed by atoms with van der Waals surface area (Å²) in [4.78, 5) is 11.3. The molecule has 0 spiro atoms. The molecular formula is C21H26O4. The molecule has 0 bridgehead atoms. The van der Waals surface area contributed by atoms with Gasteiger partial charge in [-0.15, -0.1) is 0 Å². The van der Waals surface area contributed by atoms with Crippen LogP contribution in [0.1, 0.15) is 47.7 Å². The zero-order chi connectivity index (χ0) is 18.2. The molecule has 2 aromatic carbocycles. The third-order valence-corrected chi connectivity index (χ3v) is 3.96. The quantitative estimate of drug-likeness (QED) is 0.447. The molecule has 0 heterocycles. The molecule has 0 aromatic heterocycles. The van der Waals surface area contributed by atoms with Crippen molar-refractivity contribution in [1.29, 1.82) is 0 Å². The predicted octanol–water partition coefficient (Wildman–Crippen LogP) is 5.49. The lowest BCUT2D eigenvalue weighted by molar-refractivity contribution is 0.112. The number of aryl methyl sites for hydroxylation is 2. The summed E-state index contributed by atoms with van der Waals surface area (Å²) < 4.78 is 17.4. The molecule has 0 radical (unpaired) electrons. The van der Waals surface area contributed by atoms with Crippen LogP contribution in [0.3, 0.4) is 0 Å². The molecule has 0 aliphatic rings. The van der Waals surface area contributed by atoms with Gasteiger partial charge < -0.3 is 14.2 Å². The van der Waals surface area contributed by atoms with Gasteiger partial charge in [0, 0.05) is 5.56 Å². The van der Waals surface area contributed by atoms with Crippen molar-refractivity contribution in [2.75, 3.05) is 13.7 Å². The van der Waals surface area contributed by atoms with Crippen LogP contribution in [0.25, 0.3) is 0 Å². The molecule has 2 rings (SSSR count). The molecule has 2 aromatic rings. The Bertz CT molecular complexity index is 722. The van der Waals surface area contributed by atoms with Crippen molar-refractivity contribution in [1.82, 2.24) is 0 Å². The zero-order valence-corrected chi connectivity index (χ0v) is 15.4. The number of unbranched alkanes of at least 4 members (excludes halogenated alkanes) is 2. The molecule has 4 heteroatoms. The number of carbonyl (C=O) groups excluding carboxylic acids is 1. The van der Waals surface area contributed by atoms with E-state index in [1.165, 1.54) is 0 Å². The maximum Gasteiger partial charge on any atom is 0.204 e. The van der Waals surface area contributed by atoms with Crippen molar-refractivity contribution in [2.24, 2.45) is 0 Å². The lowest BCUT2D eigenvalue weighted by atomic mass is 10.1. The second-order valence-corrected chi connectivity index (χ2v) is 6.09. The molecular weight excluding hydrogens is 316 g/mol. The van der Waals surface area contributed by atoms with Crippen molar-refractivity contribution in [3.63, 3.8) is 0 Å². The lowest BCUT2D eigenvalue weighted by Gasteiger charge is -2.17. The first-order valence-corrected chi connectivity index (χ1v) is 8.64. The fourth-order valence-corrected chi connectivity index (χ4v) is 2.50. The highest BCUT2D eigenvalue weighted by molar-refractivity contribution is 5.78. The van der Waals surface area contributed by atoms with Crippen LogP contribution in [0.2, 0.25) is 0 Å². The lowest BCUT2D eigenvalue weighted by Crippen LogP contribution is -2.02. The maximum atomic E-state index is 11.3. The minimum absolute atomic E-state index is 0.484. The van der Waals surface area contributed by atoms with E-state index in [4.69, 9.17) is 14.2 Å². The normalized spacial score (nSPS) is 10.4. The van der Waals surface area contributed by atoms with E-state index < -0.39 is 0 Å². The Morgan fingerprint density at radius 3 is 2.44 bits per heavy atom. The summed E-state index contributed by atoms with van der Waals surface area (Å²) in [6.07, 6.45) is 3.95. The van der Waals surface area contributed by atoms with E-state index in [2.05, 4.69) is 6.92 Å². The number of carbonyl (C=O) groups is 1. The van der Waals surface area contributed by atoms with E-state index in [0.29, 0.717) is 29.4 Å². The molecule has 0 atom stereocenters. The monoisotopic (exact) mass is 342 g/mol. The molecule has 0 saturated heterocycles. The van der Waals surface area contributed by atoms with Crippen molar-refractivity contribution in [2.45, 2.75) is 40.0 Å². The van der Waals surface area contributed by atoms with Crippen molar-refractivity contribution in [3.8, 4) is 23.0 Å². The molecule has 0 aliphatic carbocycles. The Kier molecular flexibility index (Phi) is 6.87. The van der Waals surface area contributed by atoms with E-state index in [1.807, 2.05) is 32.0 Å². The Labute approximate surface area is 149 Å². The summed E-state index contributed by atoms with van der Waals surface area (Å²) in [5, 5.41) is 0. The zero-order valence-electron chi connectivity index (χ0n) is 15.4. The highest BCUT2D eigenvalue weighted by Gasteiger charge is 2.16. The smallest absolute Gasteiger partial charge is 0.204 e. The fraction of sp³-hybridized carbons (Fsp3) is 0.381. The number of methoxy groups -OCH3 is 1. The third kappa shape index (κ3) is 4.99. The Morgan fingerprint density at radius 1 is 1.00 bits per heavy atom. The van der Waals surface area contributed by atoms with Gasteiger partial charge in [-0.3, -0.25) is 4.79 Å². The molecule has 0 saturated carbocycles. The van der Waals surface area contributed by atoms with Gasteiger partial charge >= 0.3 is 0 Å². The van der Waals surface area contributed by atoms with Gasteiger partial charge in [-0.1, -0.05) is 31.9 Å². The standard InChI is InChI=1S/C21H26O4/c1-5-6-7-10-24-21-19(23-4)12-17(14-22)13-20(21)25-18-11-15(2)8-9-16(18)3/h8-9,11-14H,5-7,10H2,1-4H3. The molecule has 0 unspecified atom stereocenters. The van der Waals surface area contributed by atoms with E-state index in [1.54, 1.807) is 19.2 Å². The Balaban J connectivity index is 2.38. The van der Waals surface area contributed by atoms with Gasteiger partial charge in [-0.05, 0) is 49.6 Å². The first-order chi connectivity index (χ1) is 12.1. The Hall–Kier alpha value is -2.49. The van der Waals surface area contributed by atoms with Gasteiger partial charge in [0.2, 0.25) is 5.75 Å². The van der Waals surface area contributed by atoms with Crippen molar-refractivity contribution < 1.29 is 19.0 Å². The van der Waals surface area contributed by atoms with Crippen LogP contribution in [-0.4, -0.2) is 20.0 Å². The second-order valence-electron chi connectivity index (χ2n) is 6.09. The molecule has 134 valence electrons. The van der Waals surface area contributed by atoms with Crippen LogP contribution >= 0.6 is 0 Å². The van der Waals surface area contributed by atoms with Gasteiger partial charge in [0.1, 0.15) is 12.0 Å². The average Bonchev–Trinajstić information content (AvgIpc) is 2.62. The minimum Gasteiger partial charge on any atom is -0.493 e. The number of hydrogen-bond donors (Lipinski definition) is 0. The highest BCUT2D eigenvalue weighted by Crippen LogP contribution is 2.41. The van der Waals surface area contributed by atoms with Gasteiger partial charge in [0.15, 0.2) is 11.5 Å². The SMILES string of the molecule is CCCCCOc1c(OC)cc(C=O)cc1Oc1cc(C)ccc1C. The van der Waals surface area contributed by atoms with Gasteiger partial charge in [0.05, 0.1) is 13.7 Å². The van der Waals surface area contributed by atoms with E-state index >= 15 is 0 Å². The van der Waals surface area contributed by atoms with Crippen LogP contribution < -0.4 is 14.2 Å². The number of hydrogen-bond acceptors (Lipinski definition) is 4. The Morgan fingerprint density at radius 2 is 1.76 bits per heavy atom. The summed E-state index contributed by atoms with van der Waals surface area (Å²) in [6.45, 7) is 6.72. The third-order valence-electron chi connectivity index (χ3n) is 3.96. The van der Waals surface area contributed by atoms with Crippen molar-refractivity contribution >= 4 is 6.29 Å². The molecule has 0 fully saturated rings. The predicted molar refractivity (Wildman–Crippen MR) is 99.4 cm³/mol. The van der Waals surface area contributed by atoms with E-state index in [0.717, 1.165) is 42.4 Å². The first kappa shape index (κ1) is 18.8. The summed E-state index contributed by atoms with van der Waals surface area (Å²) in [6, 6.07) is 9.36. The summed E-state index contributed by atoms with van der Waals surface area (Å²) >= 11 is 0. The first-order valence-electron chi connectivity index (χ1n) is 8.64. The van der Waals surface area contributed by atoms with Crippen LogP contribution in [0, 0.1) is 13.8 Å². The number of aldehydes is 1. The molecule has 25 heavy (non-hydrogen) atoms. The van der Waals surface area contributed by atoms with Gasteiger partial charge in [-0.2, -0.15) is 0 Å². The van der Waals surface area contributed by atoms with Crippen LogP contribution in [0.4, 0.5) is 0 Å². The van der Waals surface area contributed by atoms with E-state index in [-0.39, 0.29) is 0 Å². The minimum atomic E-state index is 0.484. The summed E-state index contributed by atoms with van der Waals surface area (Å²) in [5.74, 6) is 2.27. The summed E-state index contributed by atoms with van der Waals surface area (Å²) in [7, 11) is 1.56. The number of benzene rings is 2. The topological polar surface area (TPSA) is 44.8 Å². The number of ether oxygens (including phenoxy) is 3. The van der Waals surface area contributed by atoms with Gasteiger partial charge in [-0.25, -0.2) is 0 Å². The highest BCUT2D eigenvalue weighted by atomic mass is 16.5. The molecule has 0 N–H and O–H groups in total. The van der Waals surface area contributed by atoms with Gasteiger partial charge in [0.25, 0.3) is 0 Å². The maximum absolute atomic E-state index is 11.3. The largest absolute Gasteiger partial charge is 0.493 e. The fourth-order valence-electron chi connectivity index (χ4n) is 2.50. The van der Waals surface area contributed by atoms with Crippen LogP contribution in [0.5, 0.6) is 23.0 Å². The van der Waals surface area contributed by atoms with E-state index in [9.17, 15) is 4.79 Å². The molecule has 0 amide bonds. The number of rotatable bonds is 9.